The highest BCUT2D eigenvalue weighted by Gasteiger charge is 2.26. The van der Waals surface area contributed by atoms with Crippen molar-refractivity contribution >= 4 is 17.5 Å². The molecule has 2 aromatic rings. The second-order valence-corrected chi connectivity index (χ2v) is 6.97. The highest BCUT2D eigenvalue weighted by Crippen LogP contribution is 2.39. The van der Waals surface area contributed by atoms with E-state index in [1.807, 2.05) is 12.1 Å². The molecule has 0 unspecified atom stereocenters. The number of carbonyl (C=O) groups excluding carboxylic acids is 1. The summed E-state index contributed by atoms with van der Waals surface area (Å²) in [6, 6.07) is 3.88. The molecule has 0 saturated carbocycles. The van der Waals surface area contributed by atoms with Crippen molar-refractivity contribution in [3.05, 3.63) is 41.3 Å². The molecule has 27 heavy (non-hydrogen) atoms. The van der Waals surface area contributed by atoms with Crippen molar-refractivity contribution in [1.82, 2.24) is 20.2 Å². The molecule has 0 bridgehead atoms. The first-order chi connectivity index (χ1) is 13.1. The largest absolute Gasteiger partial charge is 0.486 e. The van der Waals surface area contributed by atoms with E-state index in [1.54, 1.807) is 18.6 Å². The summed E-state index contributed by atoms with van der Waals surface area (Å²) in [5.74, 6) is 0.750. The monoisotopic (exact) mass is 388 g/mol. The van der Waals surface area contributed by atoms with Crippen molar-refractivity contribution in [1.29, 1.82) is 0 Å². The minimum atomic E-state index is -0.105. The maximum Gasteiger partial charge on any atom is 0.221 e. The van der Waals surface area contributed by atoms with Gasteiger partial charge in [0.2, 0.25) is 5.91 Å². The van der Waals surface area contributed by atoms with E-state index in [-0.39, 0.29) is 12.0 Å². The average molecular weight is 389 g/mol. The van der Waals surface area contributed by atoms with E-state index in [2.05, 4.69) is 34.0 Å². The Balaban J connectivity index is 1.56. The van der Waals surface area contributed by atoms with Gasteiger partial charge in [0.05, 0.1) is 23.5 Å². The first-order valence-electron chi connectivity index (χ1n) is 9.35. The van der Waals surface area contributed by atoms with Crippen LogP contribution in [0.25, 0.3) is 11.3 Å². The first-order valence-corrected chi connectivity index (χ1v) is 9.73. The zero-order chi connectivity index (χ0) is 19.2. The van der Waals surface area contributed by atoms with Crippen LogP contribution in [0.1, 0.15) is 25.8 Å². The van der Waals surface area contributed by atoms with Gasteiger partial charge in [0.1, 0.15) is 11.9 Å². The van der Waals surface area contributed by atoms with Gasteiger partial charge in [-0.15, -0.1) is 0 Å². The van der Waals surface area contributed by atoms with Crippen LogP contribution >= 0.6 is 11.6 Å². The number of ether oxygens (including phenoxy) is 1. The zero-order valence-corrected chi connectivity index (χ0v) is 16.5. The van der Waals surface area contributed by atoms with Crippen molar-refractivity contribution in [3.63, 3.8) is 0 Å². The van der Waals surface area contributed by atoms with Crippen molar-refractivity contribution in [3.8, 4) is 17.0 Å². The molecule has 0 fully saturated rings. The van der Waals surface area contributed by atoms with Gasteiger partial charge in [0.25, 0.3) is 0 Å². The predicted molar refractivity (Wildman–Crippen MR) is 106 cm³/mol. The molecule has 1 atom stereocenters. The maximum absolute atomic E-state index is 12.1. The SMILES string of the molecule is CCN(CC)CCC(=O)NC[C@@H]1Cc2cc(-c3cnccn3)cc(Cl)c2O1. The van der Waals surface area contributed by atoms with Gasteiger partial charge >= 0.3 is 0 Å². The third-order valence-electron chi connectivity index (χ3n) is 4.79. The Bertz CT molecular complexity index is 781. The summed E-state index contributed by atoms with van der Waals surface area (Å²) in [7, 11) is 0. The number of nitrogens with zero attached hydrogens (tertiary/aromatic N) is 3. The van der Waals surface area contributed by atoms with Crippen LogP contribution in [0.15, 0.2) is 30.7 Å². The van der Waals surface area contributed by atoms with Gasteiger partial charge in [-0.1, -0.05) is 25.4 Å². The number of amides is 1. The molecular weight excluding hydrogens is 364 g/mol. The fourth-order valence-electron chi connectivity index (χ4n) is 3.21. The lowest BCUT2D eigenvalue weighted by Crippen LogP contribution is -2.36. The lowest BCUT2D eigenvalue weighted by molar-refractivity contribution is -0.121. The highest BCUT2D eigenvalue weighted by molar-refractivity contribution is 6.32. The van der Waals surface area contributed by atoms with E-state index in [1.165, 1.54) is 0 Å². The van der Waals surface area contributed by atoms with Crippen LogP contribution in [0.3, 0.4) is 0 Å². The van der Waals surface area contributed by atoms with Gasteiger partial charge in [0, 0.05) is 42.9 Å². The summed E-state index contributed by atoms with van der Waals surface area (Å²) >= 11 is 6.40. The van der Waals surface area contributed by atoms with E-state index >= 15 is 0 Å². The number of fused-ring (bicyclic) bond motifs is 1. The lowest BCUT2D eigenvalue weighted by atomic mass is 10.0. The van der Waals surface area contributed by atoms with Gasteiger partial charge in [-0.2, -0.15) is 0 Å². The molecule has 1 aliphatic rings. The smallest absolute Gasteiger partial charge is 0.221 e. The molecule has 1 N–H and O–H groups in total. The molecule has 0 spiro atoms. The topological polar surface area (TPSA) is 67.4 Å². The van der Waals surface area contributed by atoms with Gasteiger partial charge < -0.3 is 15.0 Å². The molecule has 0 radical (unpaired) electrons. The van der Waals surface area contributed by atoms with Gasteiger partial charge in [-0.3, -0.25) is 14.8 Å². The van der Waals surface area contributed by atoms with E-state index < -0.39 is 0 Å². The van der Waals surface area contributed by atoms with Gasteiger partial charge in [-0.05, 0) is 25.2 Å². The number of aromatic nitrogens is 2. The fraction of sp³-hybridized carbons (Fsp3) is 0.450. The molecule has 1 aromatic heterocycles. The Hall–Kier alpha value is -2.18. The second-order valence-electron chi connectivity index (χ2n) is 6.56. The summed E-state index contributed by atoms with van der Waals surface area (Å²) in [6.07, 6.45) is 6.11. The molecular formula is C20H25ClN4O2. The quantitative estimate of drug-likeness (QED) is 0.753. The van der Waals surface area contributed by atoms with E-state index in [0.717, 1.165) is 36.5 Å². The first kappa shape index (κ1) is 19.6. The van der Waals surface area contributed by atoms with Crippen LogP contribution in [0.2, 0.25) is 5.02 Å². The third-order valence-corrected chi connectivity index (χ3v) is 5.07. The van der Waals surface area contributed by atoms with E-state index in [4.69, 9.17) is 16.3 Å². The highest BCUT2D eigenvalue weighted by atomic mass is 35.5. The van der Waals surface area contributed by atoms with Crippen molar-refractivity contribution in [2.45, 2.75) is 32.8 Å². The number of halogens is 1. The maximum atomic E-state index is 12.1. The Kier molecular flexibility index (Phi) is 6.63. The Morgan fingerprint density at radius 3 is 2.85 bits per heavy atom. The summed E-state index contributed by atoms with van der Waals surface area (Å²) in [5.41, 5.74) is 2.72. The number of carbonyl (C=O) groups is 1. The van der Waals surface area contributed by atoms with Crippen LogP contribution in [-0.4, -0.2) is 53.1 Å². The molecule has 0 aliphatic carbocycles. The summed E-state index contributed by atoms with van der Waals surface area (Å²) < 4.78 is 5.95. The normalized spacial score (nSPS) is 15.5. The van der Waals surface area contributed by atoms with Crippen molar-refractivity contribution in [2.24, 2.45) is 0 Å². The molecule has 7 heteroatoms. The number of hydrogen-bond donors (Lipinski definition) is 1. The number of hydrogen-bond acceptors (Lipinski definition) is 5. The summed E-state index contributed by atoms with van der Waals surface area (Å²) in [5, 5.41) is 3.53. The predicted octanol–water partition coefficient (Wildman–Crippen LogP) is 2.95. The molecule has 1 amide bonds. The number of nitrogens with one attached hydrogen (secondary N) is 1. The van der Waals surface area contributed by atoms with E-state index in [9.17, 15) is 4.79 Å². The molecule has 3 rings (SSSR count). The summed E-state index contributed by atoms with van der Waals surface area (Å²) in [6.45, 7) is 7.36. The second kappa shape index (κ2) is 9.15. The fourth-order valence-corrected chi connectivity index (χ4v) is 3.50. The van der Waals surface area contributed by atoms with Crippen LogP contribution in [0.4, 0.5) is 0 Å². The number of benzene rings is 1. The molecule has 0 saturated heterocycles. The molecule has 2 heterocycles. The minimum Gasteiger partial charge on any atom is -0.486 e. The van der Waals surface area contributed by atoms with Crippen LogP contribution in [0.5, 0.6) is 5.75 Å². The molecule has 1 aliphatic heterocycles. The standard InChI is InChI=1S/C20H25ClN4O2/c1-3-25(4-2)8-5-19(26)24-12-16-10-15-9-14(11-17(21)20(15)27-16)18-13-22-6-7-23-18/h6-7,9,11,13,16H,3-5,8,10,12H2,1-2H3,(H,24,26)/t16-/m0/s1. The molecule has 1 aromatic carbocycles. The molecule has 6 nitrogen and oxygen atoms in total. The minimum absolute atomic E-state index is 0.0489. The van der Waals surface area contributed by atoms with Crippen LogP contribution in [-0.2, 0) is 11.2 Å². The Morgan fingerprint density at radius 1 is 1.33 bits per heavy atom. The van der Waals surface area contributed by atoms with Crippen molar-refractivity contribution in [2.75, 3.05) is 26.2 Å². The number of rotatable bonds is 8. The van der Waals surface area contributed by atoms with Gasteiger partial charge in [0.15, 0.2) is 0 Å². The third kappa shape index (κ3) is 4.96. The van der Waals surface area contributed by atoms with Crippen LogP contribution in [0, 0.1) is 0 Å². The summed E-state index contributed by atoms with van der Waals surface area (Å²) in [4.78, 5) is 22.7. The van der Waals surface area contributed by atoms with Crippen LogP contribution < -0.4 is 10.1 Å². The molecule has 144 valence electrons. The Labute approximate surface area is 164 Å². The zero-order valence-electron chi connectivity index (χ0n) is 15.7. The van der Waals surface area contributed by atoms with E-state index in [0.29, 0.717) is 30.2 Å². The average Bonchev–Trinajstić information content (AvgIpc) is 3.11. The van der Waals surface area contributed by atoms with Crippen molar-refractivity contribution < 1.29 is 9.53 Å². The lowest BCUT2D eigenvalue weighted by Gasteiger charge is -2.18. The Morgan fingerprint density at radius 2 is 2.15 bits per heavy atom. The van der Waals surface area contributed by atoms with Gasteiger partial charge in [-0.25, -0.2) is 0 Å².